The lowest BCUT2D eigenvalue weighted by molar-refractivity contribution is -0.172. The third-order valence-electron chi connectivity index (χ3n) is 6.06. The van der Waals surface area contributed by atoms with E-state index in [4.69, 9.17) is 27.9 Å². The van der Waals surface area contributed by atoms with Gasteiger partial charge in [-0.1, -0.05) is 59.6 Å². The average Bonchev–Trinajstić information content (AvgIpc) is 3.25. The molecule has 1 spiro atoms. The third-order valence-corrected chi connectivity index (χ3v) is 6.80. The SMILES string of the molecule is O=C[C@@H]1N(CCc2ccc(Cl)c(Cl)c2)C(=O)[C@@]12CCCN2C(=O)OCc1ccccc1. The minimum Gasteiger partial charge on any atom is -0.445 e. The van der Waals surface area contributed by atoms with Crippen molar-refractivity contribution in [3.05, 3.63) is 69.7 Å². The standard InChI is InChI=1S/C23H22Cl2N2O4/c24-18-8-7-16(13-19(18)25)9-12-26-20(14-28)23(21(26)29)10-4-11-27(23)22(30)31-15-17-5-2-1-3-6-17/h1-3,5-8,13-14,20H,4,9-12,15H2/t20-,23+/m0/s1. The molecule has 2 aromatic carbocycles. The van der Waals surface area contributed by atoms with E-state index in [0.29, 0.717) is 42.4 Å². The van der Waals surface area contributed by atoms with Crippen molar-refractivity contribution in [3.63, 3.8) is 0 Å². The summed E-state index contributed by atoms with van der Waals surface area (Å²) in [6.07, 6.45) is 1.84. The molecule has 2 aliphatic heterocycles. The smallest absolute Gasteiger partial charge is 0.411 e. The molecular weight excluding hydrogens is 439 g/mol. The van der Waals surface area contributed by atoms with Crippen LogP contribution in [0.4, 0.5) is 4.79 Å². The number of hydrogen-bond donors (Lipinski definition) is 0. The second-order valence-corrected chi connectivity index (χ2v) is 8.61. The number of β-lactam (4-membered cyclic amide) rings is 1. The van der Waals surface area contributed by atoms with Gasteiger partial charge in [-0.3, -0.25) is 9.69 Å². The summed E-state index contributed by atoms with van der Waals surface area (Å²) in [5.41, 5.74) is 0.644. The highest BCUT2D eigenvalue weighted by atomic mass is 35.5. The van der Waals surface area contributed by atoms with E-state index in [9.17, 15) is 14.4 Å². The maximum Gasteiger partial charge on any atom is 0.411 e. The molecule has 2 aliphatic rings. The molecule has 2 saturated heterocycles. The molecule has 0 unspecified atom stereocenters. The molecular formula is C23H22Cl2N2O4. The molecule has 2 fully saturated rings. The van der Waals surface area contributed by atoms with Crippen molar-refractivity contribution < 1.29 is 19.1 Å². The Balaban J connectivity index is 1.43. The Labute approximate surface area is 190 Å². The molecule has 8 heteroatoms. The lowest BCUT2D eigenvalue weighted by atomic mass is 9.77. The highest BCUT2D eigenvalue weighted by Gasteiger charge is 2.66. The van der Waals surface area contributed by atoms with Gasteiger partial charge in [-0.25, -0.2) is 4.79 Å². The summed E-state index contributed by atoms with van der Waals surface area (Å²) in [5, 5.41) is 0.909. The van der Waals surface area contributed by atoms with Crippen LogP contribution >= 0.6 is 23.2 Å². The van der Waals surface area contributed by atoms with E-state index in [1.54, 1.807) is 12.1 Å². The molecule has 0 N–H and O–H groups in total. The summed E-state index contributed by atoms with van der Waals surface area (Å²) in [6, 6.07) is 14.0. The van der Waals surface area contributed by atoms with Crippen LogP contribution in [0.1, 0.15) is 24.0 Å². The molecule has 4 rings (SSSR count). The molecule has 0 saturated carbocycles. The van der Waals surface area contributed by atoms with Gasteiger partial charge in [0.05, 0.1) is 10.0 Å². The molecule has 2 amide bonds. The zero-order chi connectivity index (χ0) is 22.0. The molecule has 0 bridgehead atoms. The van der Waals surface area contributed by atoms with Crippen LogP contribution in [0, 0.1) is 0 Å². The van der Waals surface area contributed by atoms with Crippen LogP contribution in [0.25, 0.3) is 0 Å². The number of aldehydes is 1. The predicted molar refractivity (Wildman–Crippen MR) is 117 cm³/mol. The summed E-state index contributed by atoms with van der Waals surface area (Å²) >= 11 is 12.0. The number of carbonyl (C=O) groups is 3. The van der Waals surface area contributed by atoms with Gasteiger partial charge in [0.15, 0.2) is 5.54 Å². The summed E-state index contributed by atoms with van der Waals surface area (Å²) in [5.74, 6) is -0.209. The fourth-order valence-electron chi connectivity index (χ4n) is 4.49. The van der Waals surface area contributed by atoms with Gasteiger partial charge in [0, 0.05) is 13.1 Å². The van der Waals surface area contributed by atoms with Crippen LogP contribution in [-0.4, -0.2) is 52.8 Å². The average molecular weight is 461 g/mol. The van der Waals surface area contributed by atoms with Crippen molar-refractivity contribution in [1.29, 1.82) is 0 Å². The van der Waals surface area contributed by atoms with E-state index >= 15 is 0 Å². The summed E-state index contributed by atoms with van der Waals surface area (Å²) < 4.78 is 5.45. The van der Waals surface area contributed by atoms with Crippen LogP contribution in [0.3, 0.4) is 0 Å². The monoisotopic (exact) mass is 460 g/mol. The van der Waals surface area contributed by atoms with Crippen molar-refractivity contribution >= 4 is 41.5 Å². The second kappa shape index (κ2) is 8.89. The number of ether oxygens (including phenoxy) is 1. The first-order valence-electron chi connectivity index (χ1n) is 10.2. The quantitative estimate of drug-likeness (QED) is 0.480. The molecule has 0 aromatic heterocycles. The minimum absolute atomic E-state index is 0.118. The van der Waals surface area contributed by atoms with E-state index in [0.717, 1.165) is 17.4 Å². The summed E-state index contributed by atoms with van der Waals surface area (Å²) in [6.45, 7) is 0.867. The largest absolute Gasteiger partial charge is 0.445 e. The number of amides is 2. The third kappa shape index (κ3) is 3.90. The van der Waals surface area contributed by atoms with Crippen LogP contribution in [0.15, 0.2) is 48.5 Å². The number of carbonyl (C=O) groups excluding carboxylic acids is 3. The Morgan fingerprint density at radius 3 is 2.61 bits per heavy atom. The number of benzene rings is 2. The highest BCUT2D eigenvalue weighted by Crippen LogP contribution is 2.44. The Kier molecular flexibility index (Phi) is 6.21. The van der Waals surface area contributed by atoms with E-state index in [1.165, 1.54) is 9.80 Å². The maximum absolute atomic E-state index is 13.2. The van der Waals surface area contributed by atoms with Crippen LogP contribution in [0.5, 0.6) is 0 Å². The van der Waals surface area contributed by atoms with Gasteiger partial charge in [-0.05, 0) is 42.5 Å². The highest BCUT2D eigenvalue weighted by molar-refractivity contribution is 6.42. The molecule has 0 aliphatic carbocycles. The number of nitrogens with zero attached hydrogens (tertiary/aromatic N) is 2. The van der Waals surface area contributed by atoms with Gasteiger partial charge in [0.1, 0.15) is 18.9 Å². The first-order valence-corrected chi connectivity index (χ1v) is 10.9. The maximum atomic E-state index is 13.2. The first kappa shape index (κ1) is 21.7. The fraction of sp³-hybridized carbons (Fsp3) is 0.348. The summed E-state index contributed by atoms with van der Waals surface area (Å²) in [4.78, 5) is 40.9. The summed E-state index contributed by atoms with van der Waals surface area (Å²) in [7, 11) is 0. The molecule has 162 valence electrons. The Morgan fingerprint density at radius 1 is 1.13 bits per heavy atom. The minimum atomic E-state index is -1.13. The zero-order valence-corrected chi connectivity index (χ0v) is 18.3. The van der Waals surface area contributed by atoms with Crippen LogP contribution in [0.2, 0.25) is 10.0 Å². The van der Waals surface area contributed by atoms with Crippen molar-refractivity contribution in [2.75, 3.05) is 13.1 Å². The molecule has 2 heterocycles. The van der Waals surface area contributed by atoms with E-state index in [2.05, 4.69) is 0 Å². The Bertz CT molecular complexity index is 1000. The van der Waals surface area contributed by atoms with Gasteiger partial charge >= 0.3 is 6.09 Å². The normalized spacial score (nSPS) is 22.5. The van der Waals surface area contributed by atoms with Crippen molar-refractivity contribution in [3.8, 4) is 0 Å². The van der Waals surface area contributed by atoms with E-state index < -0.39 is 17.7 Å². The van der Waals surface area contributed by atoms with Crippen LogP contribution in [-0.2, 0) is 27.4 Å². The number of hydrogen-bond acceptors (Lipinski definition) is 4. The van der Waals surface area contributed by atoms with E-state index in [-0.39, 0.29) is 12.5 Å². The number of likely N-dealkylation sites (tertiary alicyclic amines) is 2. The second-order valence-electron chi connectivity index (χ2n) is 7.80. The lowest BCUT2D eigenvalue weighted by Gasteiger charge is -2.55. The van der Waals surface area contributed by atoms with E-state index in [1.807, 2.05) is 36.4 Å². The van der Waals surface area contributed by atoms with Crippen molar-refractivity contribution in [2.45, 2.75) is 37.5 Å². The fourth-order valence-corrected chi connectivity index (χ4v) is 4.81. The van der Waals surface area contributed by atoms with Crippen LogP contribution < -0.4 is 0 Å². The molecule has 2 atom stereocenters. The Hall–Kier alpha value is -2.57. The van der Waals surface area contributed by atoms with Gasteiger partial charge in [-0.2, -0.15) is 0 Å². The Morgan fingerprint density at radius 2 is 1.90 bits per heavy atom. The molecule has 6 nitrogen and oxygen atoms in total. The van der Waals surface area contributed by atoms with Gasteiger partial charge in [0.25, 0.3) is 5.91 Å². The van der Waals surface area contributed by atoms with Crippen molar-refractivity contribution in [1.82, 2.24) is 9.80 Å². The molecule has 2 aromatic rings. The number of rotatable bonds is 6. The van der Waals surface area contributed by atoms with Gasteiger partial charge < -0.3 is 14.4 Å². The molecule has 31 heavy (non-hydrogen) atoms. The zero-order valence-electron chi connectivity index (χ0n) is 16.8. The van der Waals surface area contributed by atoms with Gasteiger partial charge in [0.2, 0.25) is 0 Å². The molecule has 0 radical (unpaired) electrons. The lowest BCUT2D eigenvalue weighted by Crippen LogP contribution is -2.79. The first-order chi connectivity index (χ1) is 15.0. The van der Waals surface area contributed by atoms with Crippen molar-refractivity contribution in [2.24, 2.45) is 0 Å². The van der Waals surface area contributed by atoms with Gasteiger partial charge in [-0.15, -0.1) is 0 Å². The predicted octanol–water partition coefficient (Wildman–Crippen LogP) is 4.12. The topological polar surface area (TPSA) is 66.9 Å². The number of halogens is 2.